The lowest BCUT2D eigenvalue weighted by atomic mass is 9.97. The van der Waals surface area contributed by atoms with Gasteiger partial charge in [-0.05, 0) is 46.7 Å². The molecule has 1 aromatic carbocycles. The van der Waals surface area contributed by atoms with Crippen LogP contribution in [0.15, 0.2) is 38.8 Å². The van der Waals surface area contributed by atoms with Gasteiger partial charge in [-0.1, -0.05) is 37.9 Å². The Bertz CT molecular complexity index is 567. The Morgan fingerprint density at radius 2 is 1.88 bits per heavy atom. The molecule has 0 heterocycles. The van der Waals surface area contributed by atoms with E-state index in [0.717, 1.165) is 38.5 Å². The van der Waals surface area contributed by atoms with Gasteiger partial charge in [0.25, 0.3) is 0 Å². The maximum absolute atomic E-state index is 12.2. The third kappa shape index (κ3) is 1.45. The van der Waals surface area contributed by atoms with Crippen LogP contribution < -0.4 is 0 Å². The van der Waals surface area contributed by atoms with Gasteiger partial charge in [0.15, 0.2) is 5.78 Å². The summed E-state index contributed by atoms with van der Waals surface area (Å²) in [4.78, 5) is 12.2. The zero-order chi connectivity index (χ0) is 11.3. The Labute approximate surface area is 110 Å². The SMILES string of the molecule is O=C1C2=C(CCC(Br)=C2)c2ccc(Br)cc21. The van der Waals surface area contributed by atoms with Crippen molar-refractivity contribution in [1.29, 1.82) is 0 Å². The molecular weight excluding hydrogens is 332 g/mol. The number of hydrogen-bond acceptors (Lipinski definition) is 1. The first-order valence-electron chi connectivity index (χ1n) is 5.10. The van der Waals surface area contributed by atoms with Gasteiger partial charge in [-0.2, -0.15) is 0 Å². The number of carbonyl (C=O) groups excluding carboxylic acids is 1. The third-order valence-corrected chi connectivity index (χ3v) is 4.15. The fraction of sp³-hybridized carbons (Fsp3) is 0.154. The van der Waals surface area contributed by atoms with Crippen LogP contribution in [0.2, 0.25) is 0 Å². The molecule has 0 bridgehead atoms. The maximum atomic E-state index is 12.2. The topological polar surface area (TPSA) is 17.1 Å². The lowest BCUT2D eigenvalue weighted by Gasteiger charge is -2.10. The number of benzene rings is 1. The second-order valence-corrected chi connectivity index (χ2v) is 5.94. The molecule has 0 amide bonds. The molecule has 80 valence electrons. The van der Waals surface area contributed by atoms with Crippen LogP contribution in [0.25, 0.3) is 5.57 Å². The Morgan fingerprint density at radius 1 is 1.06 bits per heavy atom. The molecule has 1 aromatic rings. The van der Waals surface area contributed by atoms with Crippen LogP contribution in [0.1, 0.15) is 28.8 Å². The van der Waals surface area contributed by atoms with Crippen LogP contribution in [0.4, 0.5) is 0 Å². The van der Waals surface area contributed by atoms with E-state index in [0.29, 0.717) is 0 Å². The average molecular weight is 340 g/mol. The molecule has 0 aromatic heterocycles. The highest BCUT2D eigenvalue weighted by molar-refractivity contribution is 9.11. The van der Waals surface area contributed by atoms with Crippen LogP contribution in [-0.4, -0.2) is 5.78 Å². The molecule has 0 radical (unpaired) electrons. The Kier molecular flexibility index (Phi) is 2.41. The van der Waals surface area contributed by atoms with Gasteiger partial charge in [0.05, 0.1) is 0 Å². The Hall–Kier alpha value is -0.670. The first-order chi connectivity index (χ1) is 7.66. The molecular formula is C13H8Br2O. The van der Waals surface area contributed by atoms with Crippen LogP contribution in [0.5, 0.6) is 0 Å². The molecule has 0 unspecified atom stereocenters. The fourth-order valence-electron chi connectivity index (χ4n) is 2.29. The van der Waals surface area contributed by atoms with Crippen molar-refractivity contribution in [3.8, 4) is 0 Å². The molecule has 0 aliphatic heterocycles. The van der Waals surface area contributed by atoms with Crippen molar-refractivity contribution in [3.63, 3.8) is 0 Å². The van der Waals surface area contributed by atoms with Crippen molar-refractivity contribution in [1.82, 2.24) is 0 Å². The highest BCUT2D eigenvalue weighted by atomic mass is 79.9. The smallest absolute Gasteiger partial charge is 0.194 e. The fourth-order valence-corrected chi connectivity index (χ4v) is 3.08. The van der Waals surface area contributed by atoms with Gasteiger partial charge in [-0.25, -0.2) is 0 Å². The van der Waals surface area contributed by atoms with Gasteiger partial charge in [-0.3, -0.25) is 4.79 Å². The van der Waals surface area contributed by atoms with E-state index in [4.69, 9.17) is 0 Å². The number of carbonyl (C=O) groups is 1. The second-order valence-electron chi connectivity index (χ2n) is 4.00. The lowest BCUT2D eigenvalue weighted by molar-refractivity contribution is 0.104. The van der Waals surface area contributed by atoms with Gasteiger partial charge in [0.2, 0.25) is 0 Å². The zero-order valence-electron chi connectivity index (χ0n) is 8.39. The summed E-state index contributed by atoms with van der Waals surface area (Å²) in [5, 5.41) is 0. The predicted octanol–water partition coefficient (Wildman–Crippen LogP) is 4.47. The number of halogens is 2. The minimum Gasteiger partial charge on any atom is -0.289 e. The van der Waals surface area contributed by atoms with Gasteiger partial charge >= 0.3 is 0 Å². The number of rotatable bonds is 0. The largest absolute Gasteiger partial charge is 0.289 e. The van der Waals surface area contributed by atoms with Crippen molar-refractivity contribution < 1.29 is 4.79 Å². The van der Waals surface area contributed by atoms with E-state index in [1.807, 2.05) is 24.3 Å². The molecule has 16 heavy (non-hydrogen) atoms. The Morgan fingerprint density at radius 3 is 2.69 bits per heavy atom. The molecule has 3 heteroatoms. The molecule has 2 aliphatic carbocycles. The molecule has 0 saturated heterocycles. The van der Waals surface area contributed by atoms with Crippen molar-refractivity contribution in [2.24, 2.45) is 0 Å². The molecule has 0 spiro atoms. The number of allylic oxidation sites excluding steroid dienone is 4. The van der Waals surface area contributed by atoms with E-state index in [1.165, 1.54) is 5.57 Å². The van der Waals surface area contributed by atoms with Crippen molar-refractivity contribution in [2.45, 2.75) is 12.8 Å². The summed E-state index contributed by atoms with van der Waals surface area (Å²) < 4.78 is 2.08. The molecule has 2 aliphatic rings. The zero-order valence-corrected chi connectivity index (χ0v) is 11.6. The van der Waals surface area contributed by atoms with Crippen molar-refractivity contribution >= 4 is 43.2 Å². The third-order valence-electron chi connectivity index (χ3n) is 3.04. The number of fused-ring (bicyclic) bond motifs is 2. The predicted molar refractivity (Wildman–Crippen MR) is 71.6 cm³/mol. The van der Waals surface area contributed by atoms with Gasteiger partial charge in [-0.15, -0.1) is 0 Å². The van der Waals surface area contributed by atoms with Crippen molar-refractivity contribution in [3.05, 3.63) is 49.9 Å². The lowest BCUT2D eigenvalue weighted by Crippen LogP contribution is -1.98. The number of Topliss-reactive ketones (excluding diaryl/α,β-unsaturated/α-hetero) is 1. The minimum atomic E-state index is 0.156. The van der Waals surface area contributed by atoms with Crippen LogP contribution in [-0.2, 0) is 0 Å². The van der Waals surface area contributed by atoms with E-state index >= 15 is 0 Å². The normalized spacial score (nSPS) is 18.4. The summed E-state index contributed by atoms with van der Waals surface area (Å²) in [7, 11) is 0. The number of hydrogen-bond donors (Lipinski definition) is 0. The second kappa shape index (κ2) is 3.67. The van der Waals surface area contributed by atoms with E-state index in [1.54, 1.807) is 0 Å². The highest BCUT2D eigenvalue weighted by Crippen LogP contribution is 2.42. The maximum Gasteiger partial charge on any atom is 0.194 e. The standard InChI is InChI=1S/C13H8Br2O/c14-7-1-3-9-10-4-2-8(15)6-12(10)13(16)11(9)5-7/h1,3,5-6H,2,4H2. The van der Waals surface area contributed by atoms with Crippen LogP contribution in [0.3, 0.4) is 0 Å². The quantitative estimate of drug-likeness (QED) is 0.681. The highest BCUT2D eigenvalue weighted by Gasteiger charge is 2.30. The van der Waals surface area contributed by atoms with Crippen LogP contribution in [0, 0.1) is 0 Å². The Balaban J connectivity index is 2.23. The van der Waals surface area contributed by atoms with Crippen molar-refractivity contribution in [2.75, 3.05) is 0 Å². The summed E-state index contributed by atoms with van der Waals surface area (Å²) in [5.41, 5.74) is 4.01. The van der Waals surface area contributed by atoms with E-state index in [-0.39, 0.29) is 5.78 Å². The molecule has 0 saturated carbocycles. The summed E-state index contributed by atoms with van der Waals surface area (Å²) in [6, 6.07) is 5.94. The minimum absolute atomic E-state index is 0.156. The van der Waals surface area contributed by atoms with Gasteiger partial charge in [0, 0.05) is 15.6 Å². The molecule has 1 nitrogen and oxygen atoms in total. The van der Waals surface area contributed by atoms with E-state index in [2.05, 4.69) is 31.9 Å². The first kappa shape index (κ1) is 10.5. The summed E-state index contributed by atoms with van der Waals surface area (Å²) in [6.45, 7) is 0. The number of ketones is 1. The van der Waals surface area contributed by atoms with E-state index < -0.39 is 0 Å². The summed E-state index contributed by atoms with van der Waals surface area (Å²) in [6.07, 6.45) is 3.91. The molecule has 3 rings (SSSR count). The molecule has 0 N–H and O–H groups in total. The average Bonchev–Trinajstić information content (AvgIpc) is 2.53. The van der Waals surface area contributed by atoms with Gasteiger partial charge < -0.3 is 0 Å². The molecule has 0 fully saturated rings. The summed E-state index contributed by atoms with van der Waals surface area (Å²) in [5.74, 6) is 0.156. The first-order valence-corrected chi connectivity index (χ1v) is 6.69. The monoisotopic (exact) mass is 338 g/mol. The summed E-state index contributed by atoms with van der Waals surface area (Å²) >= 11 is 6.89. The van der Waals surface area contributed by atoms with E-state index in [9.17, 15) is 4.79 Å². The molecule has 0 atom stereocenters. The van der Waals surface area contributed by atoms with Gasteiger partial charge in [0.1, 0.15) is 0 Å². The van der Waals surface area contributed by atoms with Crippen LogP contribution >= 0.6 is 31.9 Å².